The molecule has 3 N–H and O–H groups in total. The molecule has 0 bridgehead atoms. The van der Waals surface area contributed by atoms with Gasteiger partial charge in [0.2, 0.25) is 5.95 Å². The van der Waals surface area contributed by atoms with E-state index in [-0.39, 0.29) is 0 Å². The standard InChI is InChI=1S/C10H16N4/c1-2-10(3-4-10)7-14-9-12-5-8(11)6-13-9/h5-6H,2-4,7,11H2,1H3,(H,12,13,14). The molecular weight excluding hydrogens is 176 g/mol. The molecule has 1 aliphatic carbocycles. The van der Waals surface area contributed by atoms with Gasteiger partial charge in [0.15, 0.2) is 0 Å². The Labute approximate surface area is 83.9 Å². The second-order valence-corrected chi connectivity index (χ2v) is 4.05. The van der Waals surface area contributed by atoms with Gasteiger partial charge in [-0.05, 0) is 24.7 Å². The van der Waals surface area contributed by atoms with Gasteiger partial charge in [-0.1, -0.05) is 6.92 Å². The van der Waals surface area contributed by atoms with E-state index in [9.17, 15) is 0 Å². The molecule has 0 amide bonds. The minimum atomic E-state index is 0.519. The summed E-state index contributed by atoms with van der Waals surface area (Å²) in [6.07, 6.45) is 7.13. The Morgan fingerprint density at radius 3 is 2.57 bits per heavy atom. The molecule has 0 spiro atoms. The van der Waals surface area contributed by atoms with E-state index in [4.69, 9.17) is 5.73 Å². The van der Waals surface area contributed by atoms with Crippen molar-refractivity contribution in [3.8, 4) is 0 Å². The zero-order chi connectivity index (χ0) is 10.0. The molecular formula is C10H16N4. The van der Waals surface area contributed by atoms with Gasteiger partial charge in [-0.25, -0.2) is 9.97 Å². The number of anilines is 2. The van der Waals surface area contributed by atoms with Crippen molar-refractivity contribution in [2.24, 2.45) is 5.41 Å². The molecule has 1 aromatic rings. The van der Waals surface area contributed by atoms with Crippen molar-refractivity contribution in [2.45, 2.75) is 26.2 Å². The minimum absolute atomic E-state index is 0.519. The topological polar surface area (TPSA) is 63.8 Å². The molecule has 1 fully saturated rings. The summed E-state index contributed by atoms with van der Waals surface area (Å²) in [5.41, 5.74) is 6.62. The van der Waals surface area contributed by atoms with Crippen LogP contribution in [0, 0.1) is 5.41 Å². The number of nitrogens with zero attached hydrogens (tertiary/aromatic N) is 2. The molecule has 4 nitrogen and oxygen atoms in total. The van der Waals surface area contributed by atoms with Crippen molar-refractivity contribution in [1.82, 2.24) is 9.97 Å². The van der Waals surface area contributed by atoms with Crippen LogP contribution in [-0.4, -0.2) is 16.5 Å². The quantitative estimate of drug-likeness (QED) is 0.761. The van der Waals surface area contributed by atoms with E-state index in [0.29, 0.717) is 17.1 Å². The van der Waals surface area contributed by atoms with Crippen LogP contribution in [0.25, 0.3) is 0 Å². The van der Waals surface area contributed by atoms with Crippen LogP contribution in [-0.2, 0) is 0 Å². The molecule has 76 valence electrons. The van der Waals surface area contributed by atoms with E-state index in [2.05, 4.69) is 22.2 Å². The first-order valence-corrected chi connectivity index (χ1v) is 5.05. The van der Waals surface area contributed by atoms with E-state index in [1.54, 1.807) is 12.4 Å². The Morgan fingerprint density at radius 2 is 2.07 bits per heavy atom. The Balaban J connectivity index is 1.89. The van der Waals surface area contributed by atoms with E-state index in [1.807, 2.05) is 0 Å². The fraction of sp³-hybridized carbons (Fsp3) is 0.600. The van der Waals surface area contributed by atoms with Crippen LogP contribution in [0.5, 0.6) is 0 Å². The maximum Gasteiger partial charge on any atom is 0.222 e. The van der Waals surface area contributed by atoms with Gasteiger partial charge in [0.1, 0.15) is 0 Å². The van der Waals surface area contributed by atoms with Crippen LogP contribution in [0.15, 0.2) is 12.4 Å². The number of hydrogen-bond donors (Lipinski definition) is 2. The summed E-state index contributed by atoms with van der Waals surface area (Å²) in [6, 6.07) is 0. The fourth-order valence-electron chi connectivity index (χ4n) is 1.53. The lowest BCUT2D eigenvalue weighted by Gasteiger charge is -2.12. The van der Waals surface area contributed by atoms with Crippen molar-refractivity contribution >= 4 is 11.6 Å². The van der Waals surface area contributed by atoms with Gasteiger partial charge in [-0.2, -0.15) is 0 Å². The zero-order valence-electron chi connectivity index (χ0n) is 8.45. The largest absolute Gasteiger partial charge is 0.396 e. The number of rotatable bonds is 4. The van der Waals surface area contributed by atoms with Crippen LogP contribution in [0.2, 0.25) is 0 Å². The molecule has 0 unspecified atom stereocenters. The highest BCUT2D eigenvalue weighted by molar-refractivity contribution is 5.36. The number of nitrogens with two attached hydrogens (primary N) is 1. The second kappa shape index (κ2) is 3.44. The van der Waals surface area contributed by atoms with E-state index >= 15 is 0 Å². The SMILES string of the molecule is CCC1(CNc2ncc(N)cn2)CC1. The van der Waals surface area contributed by atoms with Gasteiger partial charge in [0.25, 0.3) is 0 Å². The van der Waals surface area contributed by atoms with Crippen LogP contribution >= 0.6 is 0 Å². The first-order chi connectivity index (χ1) is 6.74. The molecule has 1 heterocycles. The van der Waals surface area contributed by atoms with Gasteiger partial charge < -0.3 is 11.1 Å². The molecule has 14 heavy (non-hydrogen) atoms. The Bertz CT molecular complexity index is 302. The first kappa shape index (κ1) is 9.24. The van der Waals surface area contributed by atoms with Gasteiger partial charge in [0.05, 0.1) is 18.1 Å². The van der Waals surface area contributed by atoms with Gasteiger partial charge in [-0.15, -0.1) is 0 Å². The average molecular weight is 192 g/mol. The summed E-state index contributed by atoms with van der Waals surface area (Å²) in [5.74, 6) is 0.680. The molecule has 0 aromatic carbocycles. The lowest BCUT2D eigenvalue weighted by Crippen LogP contribution is -2.15. The summed E-state index contributed by atoms with van der Waals surface area (Å²) in [5, 5.41) is 3.25. The van der Waals surface area contributed by atoms with Crippen molar-refractivity contribution in [3.05, 3.63) is 12.4 Å². The maximum absolute atomic E-state index is 5.49. The highest BCUT2D eigenvalue weighted by atomic mass is 15.1. The predicted molar refractivity (Wildman–Crippen MR) is 56.9 cm³/mol. The molecule has 0 radical (unpaired) electrons. The molecule has 0 saturated heterocycles. The summed E-state index contributed by atoms with van der Waals surface area (Å²) in [7, 11) is 0. The molecule has 1 saturated carbocycles. The van der Waals surface area contributed by atoms with E-state index in [1.165, 1.54) is 19.3 Å². The molecule has 2 rings (SSSR count). The number of nitrogen functional groups attached to an aromatic ring is 1. The number of nitrogens with one attached hydrogen (secondary N) is 1. The van der Waals surface area contributed by atoms with Crippen LogP contribution in [0.3, 0.4) is 0 Å². The van der Waals surface area contributed by atoms with Gasteiger partial charge >= 0.3 is 0 Å². The summed E-state index contributed by atoms with van der Waals surface area (Å²) in [4.78, 5) is 8.19. The lowest BCUT2D eigenvalue weighted by atomic mass is 10.0. The van der Waals surface area contributed by atoms with Gasteiger partial charge in [0, 0.05) is 6.54 Å². The minimum Gasteiger partial charge on any atom is -0.396 e. The highest BCUT2D eigenvalue weighted by Crippen LogP contribution is 2.48. The number of aromatic nitrogens is 2. The third-order valence-electron chi connectivity index (χ3n) is 3.00. The van der Waals surface area contributed by atoms with Crippen molar-refractivity contribution in [1.29, 1.82) is 0 Å². The lowest BCUT2D eigenvalue weighted by molar-refractivity contribution is 0.520. The fourth-order valence-corrected chi connectivity index (χ4v) is 1.53. The maximum atomic E-state index is 5.49. The molecule has 0 aliphatic heterocycles. The monoisotopic (exact) mass is 192 g/mol. The van der Waals surface area contributed by atoms with Crippen LogP contribution in [0.1, 0.15) is 26.2 Å². The zero-order valence-corrected chi connectivity index (χ0v) is 8.45. The summed E-state index contributed by atoms with van der Waals surface area (Å²) < 4.78 is 0. The van der Waals surface area contributed by atoms with Crippen molar-refractivity contribution in [2.75, 3.05) is 17.6 Å². The van der Waals surface area contributed by atoms with E-state index in [0.717, 1.165) is 6.54 Å². The Kier molecular flexibility index (Phi) is 2.27. The molecule has 0 atom stereocenters. The number of hydrogen-bond acceptors (Lipinski definition) is 4. The first-order valence-electron chi connectivity index (χ1n) is 5.05. The van der Waals surface area contributed by atoms with Crippen LogP contribution in [0.4, 0.5) is 11.6 Å². The molecule has 1 aromatic heterocycles. The molecule has 4 heteroatoms. The average Bonchev–Trinajstić information content (AvgIpc) is 2.98. The molecule has 1 aliphatic rings. The van der Waals surface area contributed by atoms with Gasteiger partial charge in [-0.3, -0.25) is 0 Å². The van der Waals surface area contributed by atoms with E-state index < -0.39 is 0 Å². The predicted octanol–water partition coefficient (Wildman–Crippen LogP) is 1.66. The second-order valence-electron chi connectivity index (χ2n) is 4.05. The highest BCUT2D eigenvalue weighted by Gasteiger charge is 2.40. The van der Waals surface area contributed by atoms with Crippen molar-refractivity contribution < 1.29 is 0 Å². The Hall–Kier alpha value is -1.32. The normalized spacial score (nSPS) is 17.8. The van der Waals surface area contributed by atoms with Crippen LogP contribution < -0.4 is 11.1 Å². The summed E-state index contributed by atoms with van der Waals surface area (Å²) >= 11 is 0. The third-order valence-corrected chi connectivity index (χ3v) is 3.00. The van der Waals surface area contributed by atoms with Crippen molar-refractivity contribution in [3.63, 3.8) is 0 Å². The summed E-state index contributed by atoms with van der Waals surface area (Å²) in [6.45, 7) is 3.21. The smallest absolute Gasteiger partial charge is 0.222 e. The third kappa shape index (κ3) is 1.95. The Morgan fingerprint density at radius 1 is 1.43 bits per heavy atom.